The van der Waals surface area contributed by atoms with Gasteiger partial charge in [0.05, 0.1) is 10.9 Å². The van der Waals surface area contributed by atoms with E-state index in [1.165, 1.54) is 12.1 Å². The van der Waals surface area contributed by atoms with Crippen molar-refractivity contribution in [2.45, 2.75) is 32.4 Å². The van der Waals surface area contributed by atoms with Crippen LogP contribution in [0.1, 0.15) is 31.9 Å². The van der Waals surface area contributed by atoms with E-state index in [1.54, 1.807) is 24.3 Å². The van der Waals surface area contributed by atoms with Gasteiger partial charge in [-0.05, 0) is 41.3 Å². The fraction of sp³-hybridized carbons (Fsp3) is 0.214. The van der Waals surface area contributed by atoms with E-state index in [0.29, 0.717) is 11.1 Å². The number of alkyl halides is 3. The highest BCUT2D eigenvalue weighted by Crippen LogP contribution is 2.33. The summed E-state index contributed by atoms with van der Waals surface area (Å²) in [4.78, 5) is 25.7. The Bertz CT molecular complexity index is 1470. The van der Waals surface area contributed by atoms with Gasteiger partial charge in [0.1, 0.15) is 5.58 Å². The SMILES string of the molecule is CC(C)(C)c1ccc(-c2oc3ccccc3c(=O)c2OCC(=O)Nc2cccc(C(F)(F)F)c2)cc1. The number of anilines is 1. The summed E-state index contributed by atoms with van der Waals surface area (Å²) >= 11 is 0. The summed E-state index contributed by atoms with van der Waals surface area (Å²) in [6, 6.07) is 18.4. The van der Waals surface area contributed by atoms with E-state index in [0.717, 1.165) is 17.7 Å². The first-order valence-corrected chi connectivity index (χ1v) is 11.2. The smallest absolute Gasteiger partial charge is 0.416 e. The van der Waals surface area contributed by atoms with Crippen LogP contribution in [-0.4, -0.2) is 12.5 Å². The monoisotopic (exact) mass is 495 g/mol. The van der Waals surface area contributed by atoms with Gasteiger partial charge >= 0.3 is 6.18 Å². The summed E-state index contributed by atoms with van der Waals surface area (Å²) in [5.74, 6) is -0.724. The van der Waals surface area contributed by atoms with Crippen LogP contribution in [0.25, 0.3) is 22.3 Å². The maximum atomic E-state index is 13.2. The number of ether oxygens (including phenoxy) is 1. The number of nitrogens with one attached hydrogen (secondary N) is 1. The lowest BCUT2D eigenvalue weighted by atomic mass is 9.86. The van der Waals surface area contributed by atoms with E-state index in [1.807, 2.05) is 24.3 Å². The molecule has 0 spiro atoms. The summed E-state index contributed by atoms with van der Waals surface area (Å²) in [5.41, 5.74) is 0.552. The molecule has 0 aliphatic heterocycles. The fourth-order valence-electron chi connectivity index (χ4n) is 3.68. The van der Waals surface area contributed by atoms with E-state index < -0.39 is 29.7 Å². The number of carbonyl (C=O) groups excluding carboxylic acids is 1. The van der Waals surface area contributed by atoms with Gasteiger partial charge in [-0.3, -0.25) is 9.59 Å². The van der Waals surface area contributed by atoms with Crippen molar-refractivity contribution < 1.29 is 27.1 Å². The highest BCUT2D eigenvalue weighted by molar-refractivity contribution is 5.92. The van der Waals surface area contributed by atoms with Crippen LogP contribution >= 0.6 is 0 Å². The van der Waals surface area contributed by atoms with E-state index in [-0.39, 0.29) is 28.0 Å². The molecule has 1 aromatic heterocycles. The van der Waals surface area contributed by atoms with Crippen LogP contribution < -0.4 is 15.5 Å². The van der Waals surface area contributed by atoms with Crippen LogP contribution in [0.5, 0.6) is 5.75 Å². The Morgan fingerprint density at radius 3 is 2.28 bits per heavy atom. The molecule has 4 aromatic rings. The number of halogens is 3. The first-order chi connectivity index (χ1) is 16.9. The molecule has 1 amide bonds. The Morgan fingerprint density at radius 1 is 0.917 bits per heavy atom. The van der Waals surface area contributed by atoms with Gasteiger partial charge in [0.2, 0.25) is 11.2 Å². The van der Waals surface area contributed by atoms with Crippen LogP contribution in [-0.2, 0) is 16.4 Å². The highest BCUT2D eigenvalue weighted by atomic mass is 19.4. The van der Waals surface area contributed by atoms with E-state index in [9.17, 15) is 22.8 Å². The molecule has 5 nitrogen and oxygen atoms in total. The van der Waals surface area contributed by atoms with Crippen LogP contribution in [0, 0.1) is 0 Å². The van der Waals surface area contributed by atoms with Crippen molar-refractivity contribution in [3.05, 3.63) is 94.1 Å². The molecular formula is C28H24F3NO4. The molecule has 0 saturated carbocycles. The zero-order valence-corrected chi connectivity index (χ0v) is 19.9. The van der Waals surface area contributed by atoms with Crippen LogP contribution in [0.3, 0.4) is 0 Å². The summed E-state index contributed by atoms with van der Waals surface area (Å²) in [6.07, 6.45) is -4.54. The Morgan fingerprint density at radius 2 is 1.61 bits per heavy atom. The topological polar surface area (TPSA) is 68.5 Å². The lowest BCUT2D eigenvalue weighted by molar-refractivity contribution is -0.137. The Kier molecular flexibility index (Phi) is 6.63. The maximum absolute atomic E-state index is 13.2. The molecule has 8 heteroatoms. The second-order valence-corrected chi connectivity index (χ2v) is 9.33. The zero-order valence-electron chi connectivity index (χ0n) is 19.9. The third kappa shape index (κ3) is 5.43. The third-order valence-corrected chi connectivity index (χ3v) is 5.59. The van der Waals surface area contributed by atoms with Gasteiger partial charge in [0.25, 0.3) is 5.91 Å². The van der Waals surface area contributed by atoms with Crippen molar-refractivity contribution in [1.82, 2.24) is 0 Å². The predicted octanol–water partition coefficient (Wildman–Crippen LogP) is 6.79. The van der Waals surface area contributed by atoms with E-state index in [4.69, 9.17) is 9.15 Å². The Labute approximate surface area is 205 Å². The molecule has 0 unspecified atom stereocenters. The number of hydrogen-bond acceptors (Lipinski definition) is 4. The van der Waals surface area contributed by atoms with Crippen LogP contribution in [0.4, 0.5) is 18.9 Å². The number of para-hydroxylation sites is 1. The van der Waals surface area contributed by atoms with Crippen molar-refractivity contribution in [3.63, 3.8) is 0 Å². The normalized spacial score (nSPS) is 11.9. The summed E-state index contributed by atoms with van der Waals surface area (Å²) in [5, 5.41) is 2.65. The third-order valence-electron chi connectivity index (χ3n) is 5.59. The number of fused-ring (bicyclic) bond motifs is 1. The van der Waals surface area contributed by atoms with E-state index in [2.05, 4.69) is 26.1 Å². The average molecular weight is 495 g/mol. The molecular weight excluding hydrogens is 471 g/mol. The molecule has 1 heterocycles. The number of benzene rings is 3. The Balaban J connectivity index is 1.64. The summed E-state index contributed by atoms with van der Waals surface area (Å²) < 4.78 is 50.5. The van der Waals surface area contributed by atoms with Gasteiger partial charge < -0.3 is 14.5 Å². The molecule has 4 rings (SSSR count). The molecule has 0 aliphatic carbocycles. The van der Waals surface area contributed by atoms with Gasteiger partial charge in [-0.15, -0.1) is 0 Å². The minimum Gasteiger partial charge on any atom is -0.476 e. The van der Waals surface area contributed by atoms with E-state index >= 15 is 0 Å². The summed E-state index contributed by atoms with van der Waals surface area (Å²) in [7, 11) is 0. The van der Waals surface area contributed by atoms with Crippen molar-refractivity contribution in [2.24, 2.45) is 0 Å². The number of rotatable bonds is 5. The van der Waals surface area contributed by atoms with Gasteiger partial charge in [-0.25, -0.2) is 0 Å². The molecule has 36 heavy (non-hydrogen) atoms. The molecule has 0 bridgehead atoms. The second-order valence-electron chi connectivity index (χ2n) is 9.33. The molecule has 0 fully saturated rings. The van der Waals surface area contributed by atoms with Crippen molar-refractivity contribution in [3.8, 4) is 17.1 Å². The second kappa shape index (κ2) is 9.53. The summed E-state index contributed by atoms with van der Waals surface area (Å²) in [6.45, 7) is 5.63. The van der Waals surface area contributed by atoms with Crippen molar-refractivity contribution in [1.29, 1.82) is 0 Å². The van der Waals surface area contributed by atoms with Gasteiger partial charge in [-0.1, -0.05) is 63.2 Å². The largest absolute Gasteiger partial charge is 0.476 e. The van der Waals surface area contributed by atoms with Crippen LogP contribution in [0.2, 0.25) is 0 Å². The first kappa shape index (κ1) is 25.0. The molecule has 0 radical (unpaired) electrons. The number of amides is 1. The fourth-order valence-corrected chi connectivity index (χ4v) is 3.68. The molecule has 3 aromatic carbocycles. The predicted molar refractivity (Wildman–Crippen MR) is 132 cm³/mol. The number of carbonyl (C=O) groups is 1. The van der Waals surface area contributed by atoms with Crippen molar-refractivity contribution >= 4 is 22.6 Å². The molecule has 0 atom stereocenters. The van der Waals surface area contributed by atoms with Gasteiger partial charge in [-0.2, -0.15) is 13.2 Å². The number of hydrogen-bond donors (Lipinski definition) is 1. The lowest BCUT2D eigenvalue weighted by Crippen LogP contribution is -2.23. The van der Waals surface area contributed by atoms with Crippen molar-refractivity contribution in [2.75, 3.05) is 11.9 Å². The molecule has 186 valence electrons. The van der Waals surface area contributed by atoms with Crippen LogP contribution in [0.15, 0.2) is 82.0 Å². The molecule has 0 saturated heterocycles. The molecule has 0 aliphatic rings. The Hall–Kier alpha value is -4.07. The zero-order chi connectivity index (χ0) is 26.1. The highest BCUT2D eigenvalue weighted by Gasteiger charge is 2.30. The minimum atomic E-state index is -4.54. The minimum absolute atomic E-state index is 0.0398. The molecule has 1 N–H and O–H groups in total. The first-order valence-electron chi connectivity index (χ1n) is 11.2. The van der Waals surface area contributed by atoms with Gasteiger partial charge in [0.15, 0.2) is 12.4 Å². The average Bonchev–Trinajstić information content (AvgIpc) is 2.82. The lowest BCUT2D eigenvalue weighted by Gasteiger charge is -2.19. The quantitative estimate of drug-likeness (QED) is 0.331. The maximum Gasteiger partial charge on any atom is 0.416 e. The standard InChI is InChI=1S/C28H24F3NO4/c1-27(2,3)18-13-11-17(12-14-18)25-26(24(34)21-9-4-5-10-22(21)36-25)35-16-23(33)32-20-8-6-7-19(15-20)28(29,30)31/h4-15H,16H2,1-3H3,(H,32,33). The van der Waals surface area contributed by atoms with Gasteiger partial charge in [0, 0.05) is 11.3 Å².